The number of hydrogen-bond donors (Lipinski definition) is 2. The van der Waals surface area contributed by atoms with Gasteiger partial charge in [0.2, 0.25) is 5.91 Å². The number of carbonyl (C=O) groups excluding carboxylic acids is 1. The molecule has 0 heterocycles. The van der Waals surface area contributed by atoms with Gasteiger partial charge in [-0.15, -0.1) is 0 Å². The normalized spacial score (nSPS) is 15.9. The molecule has 5 nitrogen and oxygen atoms in total. The quantitative estimate of drug-likeness (QED) is 0.191. The summed E-state index contributed by atoms with van der Waals surface area (Å²) < 4.78 is 254. The molecule has 0 aromatic heterocycles. The van der Waals surface area contributed by atoms with E-state index in [9.17, 15) is 87.8 Å². The first kappa shape index (κ1) is 37.5. The maximum atomic E-state index is 13.7. The summed E-state index contributed by atoms with van der Waals surface area (Å²) >= 11 is -1.86. The molecule has 234 valence electrons. The van der Waals surface area contributed by atoms with Crippen molar-refractivity contribution in [2.75, 3.05) is 11.5 Å². The first-order valence-corrected chi connectivity index (χ1v) is 11.8. The second-order valence-electron chi connectivity index (χ2n) is 8.22. The molecule has 0 aliphatic carbocycles. The molecule has 0 fully saturated rings. The number of carbonyl (C=O) groups is 1. The lowest BCUT2D eigenvalue weighted by molar-refractivity contribution is -0.458. The maximum Gasteiger partial charge on any atom is 0.460 e. The van der Waals surface area contributed by atoms with Crippen molar-refractivity contribution < 1.29 is 92.4 Å². The van der Waals surface area contributed by atoms with Gasteiger partial charge in [0.25, 0.3) is 10.1 Å². The topological polar surface area (TPSA) is 83.5 Å². The van der Waals surface area contributed by atoms with Crippen LogP contribution in [0.4, 0.5) is 74.6 Å². The lowest BCUT2D eigenvalue weighted by atomic mass is 9.91. The largest absolute Gasteiger partial charge is 0.460 e. The molecule has 0 unspecified atom stereocenters. The van der Waals surface area contributed by atoms with E-state index in [0.717, 1.165) is 13.8 Å². The first-order valence-electron chi connectivity index (χ1n) is 9.17. The molecule has 0 aliphatic rings. The number of thioether (sulfide) groups is 1. The Hall–Kier alpha value is -1.46. The Labute approximate surface area is 210 Å². The van der Waals surface area contributed by atoms with Crippen molar-refractivity contribution in [1.29, 1.82) is 0 Å². The second kappa shape index (κ2) is 10.4. The summed E-state index contributed by atoms with van der Waals surface area (Å²) in [6.45, 7) is 1.80. The van der Waals surface area contributed by atoms with Gasteiger partial charge in [-0.3, -0.25) is 9.35 Å². The fraction of sp³-hybridized carbons (Fsp3) is 0.933. The van der Waals surface area contributed by atoms with Crippen molar-refractivity contribution in [1.82, 2.24) is 5.32 Å². The van der Waals surface area contributed by atoms with Crippen LogP contribution in [0.5, 0.6) is 0 Å². The molecule has 0 aromatic rings. The molecular weight excluding hydrogens is 645 g/mol. The Morgan fingerprint density at radius 2 is 1.00 bits per heavy atom. The van der Waals surface area contributed by atoms with Crippen LogP contribution in [0.25, 0.3) is 0 Å². The summed E-state index contributed by atoms with van der Waals surface area (Å²) in [7, 11) is -4.78. The minimum atomic E-state index is -8.73. The lowest BCUT2D eigenvalue weighted by Gasteiger charge is -2.42. The second-order valence-corrected chi connectivity index (χ2v) is 10.9. The van der Waals surface area contributed by atoms with Gasteiger partial charge in [0.15, 0.2) is 0 Å². The molecule has 0 saturated carbocycles. The average Bonchev–Trinajstić information content (AvgIpc) is 2.63. The molecule has 0 bridgehead atoms. The van der Waals surface area contributed by atoms with E-state index in [1.807, 2.05) is 0 Å². The SMILES string of the molecule is CC(C)(CS(=O)(=O)O)NC(=O)CCSC(F)(F)C(F)(F)C(F)(F)C(F)(F)C(F)(F)C(F)(F)C(F)(F)C(F)(F)F. The van der Waals surface area contributed by atoms with E-state index in [2.05, 4.69) is 0 Å². The van der Waals surface area contributed by atoms with Crippen molar-refractivity contribution in [2.24, 2.45) is 0 Å². The fourth-order valence-corrected chi connectivity index (χ4v) is 4.28. The molecule has 1 amide bonds. The number of hydrogen-bond acceptors (Lipinski definition) is 4. The van der Waals surface area contributed by atoms with E-state index in [0.29, 0.717) is 0 Å². The lowest BCUT2D eigenvalue weighted by Crippen LogP contribution is -2.74. The van der Waals surface area contributed by atoms with Crippen molar-refractivity contribution in [3.63, 3.8) is 0 Å². The molecule has 0 spiro atoms. The van der Waals surface area contributed by atoms with Gasteiger partial charge in [0.1, 0.15) is 0 Å². The van der Waals surface area contributed by atoms with E-state index in [4.69, 9.17) is 4.55 Å². The molecule has 0 rings (SSSR count). The van der Waals surface area contributed by atoms with Crippen molar-refractivity contribution in [3.05, 3.63) is 0 Å². The van der Waals surface area contributed by atoms with Gasteiger partial charge in [-0.2, -0.15) is 83.1 Å². The maximum absolute atomic E-state index is 13.7. The molecule has 0 aromatic carbocycles. The van der Waals surface area contributed by atoms with Crippen LogP contribution >= 0.6 is 11.8 Å². The van der Waals surface area contributed by atoms with Gasteiger partial charge >= 0.3 is 47.0 Å². The van der Waals surface area contributed by atoms with Crippen LogP contribution in [0.3, 0.4) is 0 Å². The highest BCUT2D eigenvalue weighted by Crippen LogP contribution is 2.64. The molecule has 0 saturated heterocycles. The zero-order valence-electron chi connectivity index (χ0n) is 18.5. The van der Waals surface area contributed by atoms with E-state index in [-0.39, 0.29) is 0 Å². The average molecular weight is 659 g/mol. The minimum Gasteiger partial charge on any atom is -0.350 e. The predicted molar refractivity (Wildman–Crippen MR) is 96.4 cm³/mol. The Morgan fingerprint density at radius 3 is 1.33 bits per heavy atom. The van der Waals surface area contributed by atoms with Gasteiger partial charge in [-0.1, -0.05) is 11.8 Å². The van der Waals surface area contributed by atoms with Crippen LogP contribution in [-0.4, -0.2) is 82.9 Å². The highest BCUT2D eigenvalue weighted by Gasteiger charge is 2.95. The summed E-state index contributed by atoms with van der Waals surface area (Å²) in [5.74, 6) is -55.1. The number of amides is 1. The Bertz CT molecular complexity index is 1010. The summed E-state index contributed by atoms with van der Waals surface area (Å²) in [4.78, 5) is 11.6. The van der Waals surface area contributed by atoms with E-state index < -0.39 is 98.2 Å². The van der Waals surface area contributed by atoms with Gasteiger partial charge in [0.05, 0.1) is 11.3 Å². The van der Waals surface area contributed by atoms with E-state index >= 15 is 0 Å². The predicted octanol–water partition coefficient (Wildman–Crippen LogP) is 5.86. The summed E-state index contributed by atoms with van der Waals surface area (Å²) in [5, 5.41) is -4.99. The molecule has 39 heavy (non-hydrogen) atoms. The molecule has 0 atom stereocenters. The molecular formula is C15H14F17NO4S2. The highest BCUT2D eigenvalue weighted by atomic mass is 32.2. The van der Waals surface area contributed by atoms with Gasteiger partial charge in [0, 0.05) is 12.2 Å². The third kappa shape index (κ3) is 6.89. The zero-order chi connectivity index (χ0) is 32.1. The number of alkyl halides is 17. The molecule has 0 aliphatic heterocycles. The Kier molecular flexibility index (Phi) is 10.0. The Morgan fingerprint density at radius 1 is 0.667 bits per heavy atom. The van der Waals surface area contributed by atoms with Crippen molar-refractivity contribution in [3.8, 4) is 0 Å². The highest BCUT2D eigenvalue weighted by molar-refractivity contribution is 8.00. The minimum absolute atomic E-state index is 0.898. The van der Waals surface area contributed by atoms with E-state index in [1.165, 1.54) is 0 Å². The van der Waals surface area contributed by atoms with Gasteiger partial charge in [-0.05, 0) is 13.8 Å². The van der Waals surface area contributed by atoms with Crippen LogP contribution in [-0.2, 0) is 14.9 Å². The van der Waals surface area contributed by atoms with Crippen LogP contribution in [0, 0.1) is 0 Å². The Balaban J connectivity index is 6.05. The van der Waals surface area contributed by atoms with E-state index in [1.54, 1.807) is 5.32 Å². The van der Waals surface area contributed by atoms with Gasteiger partial charge < -0.3 is 5.32 Å². The van der Waals surface area contributed by atoms with Crippen molar-refractivity contribution >= 4 is 27.8 Å². The number of halogens is 17. The first-order chi connectivity index (χ1) is 16.6. The number of rotatable bonds is 13. The smallest absolute Gasteiger partial charge is 0.350 e. The van der Waals surface area contributed by atoms with Gasteiger partial charge in [-0.25, -0.2) is 0 Å². The van der Waals surface area contributed by atoms with Crippen LogP contribution in [0.2, 0.25) is 0 Å². The third-order valence-electron chi connectivity index (χ3n) is 4.33. The van der Waals surface area contributed by atoms with Crippen LogP contribution in [0.15, 0.2) is 0 Å². The summed E-state index contributed by atoms with van der Waals surface area (Å²) in [5.41, 5.74) is -1.88. The molecule has 0 radical (unpaired) electrons. The zero-order valence-corrected chi connectivity index (χ0v) is 20.2. The number of nitrogens with one attached hydrogen (secondary N) is 1. The summed E-state index contributed by atoms with van der Waals surface area (Å²) in [6, 6.07) is 0. The third-order valence-corrected chi connectivity index (χ3v) is 6.44. The van der Waals surface area contributed by atoms with Crippen molar-refractivity contribution in [2.45, 2.75) is 72.8 Å². The molecule has 2 N–H and O–H groups in total. The van der Waals surface area contributed by atoms with Crippen LogP contribution < -0.4 is 5.32 Å². The monoisotopic (exact) mass is 659 g/mol. The standard InChI is InChI=1S/C15H14F17NO4S2/c1-7(2,5-39(35,36)37)33-6(34)3-4-38-15(31,32)13(26,27)11(22,23)9(18,19)8(16,17)10(20,21)12(24,25)14(28,29)30/h3-5H2,1-2H3,(H,33,34)(H,35,36,37). The molecule has 24 heteroatoms. The fourth-order valence-electron chi connectivity index (χ4n) is 2.44. The summed E-state index contributed by atoms with van der Waals surface area (Å²) in [6.07, 6.45) is -9.30. The van der Waals surface area contributed by atoms with Crippen LogP contribution in [0.1, 0.15) is 20.3 Å².